The van der Waals surface area contributed by atoms with Crippen LogP contribution in [0.15, 0.2) is 53.4 Å². The number of hydrogen-bond acceptors (Lipinski definition) is 3. The predicted octanol–water partition coefficient (Wildman–Crippen LogP) is 7.62. The Morgan fingerprint density at radius 3 is 2.63 bits per heavy atom. The number of carbonyl (C=O) groups excluding carboxylic acids is 1. The first-order chi connectivity index (χ1) is 14.4. The molecule has 1 heterocycles. The topological polar surface area (TPSA) is 26.3 Å². The minimum atomic E-state index is -0.294. The number of esters is 1. The standard InChI is InChI=1S/C27H34O2S/c1-5-6-7-8-21(12-9-20-10-13-22(14-11-20)26(28)29-4)23-15-16-25-24(19-23)27(2,3)17-18-30-25/h9-16,19,21H,5-8,17-18H2,1-4H3. The first-order valence-corrected chi connectivity index (χ1v) is 12.1. The molecule has 0 amide bonds. The number of ether oxygens (including phenoxy) is 1. The van der Waals surface area contributed by atoms with E-state index in [1.165, 1.54) is 54.6 Å². The third-order valence-electron chi connectivity index (χ3n) is 6.12. The molecule has 1 atom stereocenters. The van der Waals surface area contributed by atoms with Crippen LogP contribution in [0.1, 0.15) is 85.8 Å². The maximum absolute atomic E-state index is 11.7. The van der Waals surface area contributed by atoms with Crippen molar-refractivity contribution in [2.24, 2.45) is 0 Å². The highest BCUT2D eigenvalue weighted by Crippen LogP contribution is 2.43. The van der Waals surface area contributed by atoms with E-state index in [9.17, 15) is 4.79 Å². The van der Waals surface area contributed by atoms with Gasteiger partial charge in [0.15, 0.2) is 0 Å². The van der Waals surface area contributed by atoms with Crippen LogP contribution in [-0.4, -0.2) is 18.8 Å². The normalized spacial score (nSPS) is 16.3. The van der Waals surface area contributed by atoms with Crippen molar-refractivity contribution in [1.29, 1.82) is 0 Å². The van der Waals surface area contributed by atoms with Gasteiger partial charge in [0.2, 0.25) is 0 Å². The summed E-state index contributed by atoms with van der Waals surface area (Å²) in [4.78, 5) is 13.1. The largest absolute Gasteiger partial charge is 0.465 e. The molecule has 2 aromatic rings. The molecule has 1 unspecified atom stereocenters. The van der Waals surface area contributed by atoms with E-state index in [0.29, 0.717) is 11.5 Å². The van der Waals surface area contributed by atoms with Gasteiger partial charge in [-0.15, -0.1) is 11.8 Å². The van der Waals surface area contributed by atoms with E-state index in [1.807, 2.05) is 36.0 Å². The number of unbranched alkanes of at least 4 members (excludes halogenated alkanes) is 2. The van der Waals surface area contributed by atoms with Crippen molar-refractivity contribution in [1.82, 2.24) is 0 Å². The van der Waals surface area contributed by atoms with Gasteiger partial charge < -0.3 is 4.74 Å². The second-order valence-corrected chi connectivity index (χ2v) is 9.95. The number of rotatable bonds is 8. The molecule has 0 aromatic heterocycles. The van der Waals surface area contributed by atoms with Gasteiger partial charge in [-0.3, -0.25) is 0 Å². The molecule has 2 nitrogen and oxygen atoms in total. The van der Waals surface area contributed by atoms with Crippen molar-refractivity contribution in [2.75, 3.05) is 12.9 Å². The van der Waals surface area contributed by atoms with E-state index >= 15 is 0 Å². The van der Waals surface area contributed by atoms with Crippen molar-refractivity contribution in [3.05, 3.63) is 70.8 Å². The van der Waals surface area contributed by atoms with Gasteiger partial charge in [-0.25, -0.2) is 4.79 Å². The molecule has 0 aliphatic carbocycles. The fraction of sp³-hybridized carbons (Fsp3) is 0.444. The molecule has 0 bridgehead atoms. The summed E-state index contributed by atoms with van der Waals surface area (Å²) in [5.41, 5.74) is 4.87. The number of allylic oxidation sites excluding steroid dienone is 1. The van der Waals surface area contributed by atoms with Gasteiger partial charge in [0.05, 0.1) is 12.7 Å². The molecular formula is C27H34O2S. The molecule has 0 saturated heterocycles. The molecule has 30 heavy (non-hydrogen) atoms. The molecule has 0 spiro atoms. The maximum Gasteiger partial charge on any atom is 0.337 e. The Morgan fingerprint density at radius 1 is 1.17 bits per heavy atom. The van der Waals surface area contributed by atoms with Gasteiger partial charge in [-0.05, 0) is 58.9 Å². The zero-order valence-electron chi connectivity index (χ0n) is 18.7. The van der Waals surface area contributed by atoms with Crippen LogP contribution in [0, 0.1) is 0 Å². The molecule has 0 N–H and O–H groups in total. The van der Waals surface area contributed by atoms with E-state index in [-0.39, 0.29) is 11.4 Å². The van der Waals surface area contributed by atoms with Gasteiger partial charge in [-0.1, -0.05) is 76.5 Å². The van der Waals surface area contributed by atoms with Gasteiger partial charge in [0.1, 0.15) is 0 Å². The van der Waals surface area contributed by atoms with Crippen LogP contribution in [0.4, 0.5) is 0 Å². The average molecular weight is 423 g/mol. The zero-order valence-corrected chi connectivity index (χ0v) is 19.6. The zero-order chi connectivity index (χ0) is 21.6. The number of thioether (sulfide) groups is 1. The summed E-state index contributed by atoms with van der Waals surface area (Å²) in [5.74, 6) is 1.32. The van der Waals surface area contributed by atoms with Crippen LogP contribution in [0.2, 0.25) is 0 Å². The fourth-order valence-corrected chi connectivity index (χ4v) is 5.53. The van der Waals surface area contributed by atoms with Crippen molar-refractivity contribution in [3.8, 4) is 0 Å². The van der Waals surface area contributed by atoms with Gasteiger partial charge in [-0.2, -0.15) is 0 Å². The van der Waals surface area contributed by atoms with Crippen LogP contribution in [0.25, 0.3) is 6.08 Å². The number of fused-ring (bicyclic) bond motifs is 1. The maximum atomic E-state index is 11.7. The highest BCUT2D eigenvalue weighted by molar-refractivity contribution is 7.99. The Hall–Kier alpha value is -2.00. The van der Waals surface area contributed by atoms with E-state index in [2.05, 4.69) is 51.1 Å². The van der Waals surface area contributed by atoms with Crippen molar-refractivity contribution in [3.63, 3.8) is 0 Å². The first kappa shape index (κ1) is 22.7. The quantitative estimate of drug-likeness (QED) is 0.323. The molecule has 1 aliphatic heterocycles. The van der Waals surface area contributed by atoms with Crippen LogP contribution >= 0.6 is 11.8 Å². The molecular weight excluding hydrogens is 388 g/mol. The Morgan fingerprint density at radius 2 is 1.93 bits per heavy atom. The summed E-state index contributed by atoms with van der Waals surface area (Å²) in [7, 11) is 1.41. The lowest BCUT2D eigenvalue weighted by molar-refractivity contribution is 0.0600. The summed E-state index contributed by atoms with van der Waals surface area (Å²) in [6, 6.07) is 14.8. The Bertz CT molecular complexity index is 880. The summed E-state index contributed by atoms with van der Waals surface area (Å²) < 4.78 is 4.79. The van der Waals surface area contributed by atoms with Crippen LogP contribution in [0.3, 0.4) is 0 Å². The minimum Gasteiger partial charge on any atom is -0.465 e. The van der Waals surface area contributed by atoms with Gasteiger partial charge in [0, 0.05) is 10.8 Å². The van der Waals surface area contributed by atoms with Crippen molar-refractivity contribution < 1.29 is 9.53 Å². The number of carbonyl (C=O) groups is 1. The minimum absolute atomic E-state index is 0.248. The van der Waals surface area contributed by atoms with Crippen LogP contribution in [0.5, 0.6) is 0 Å². The average Bonchev–Trinajstić information content (AvgIpc) is 2.76. The number of hydrogen-bond donors (Lipinski definition) is 0. The third kappa shape index (κ3) is 5.57. The molecule has 0 fully saturated rings. The fourth-order valence-electron chi connectivity index (χ4n) is 4.05. The van der Waals surface area contributed by atoms with E-state index in [4.69, 9.17) is 4.74 Å². The van der Waals surface area contributed by atoms with Crippen LogP contribution in [-0.2, 0) is 10.2 Å². The summed E-state index contributed by atoms with van der Waals surface area (Å²) in [5, 5.41) is 0. The first-order valence-electron chi connectivity index (χ1n) is 11.1. The monoisotopic (exact) mass is 422 g/mol. The lowest BCUT2D eigenvalue weighted by atomic mass is 9.79. The predicted molar refractivity (Wildman–Crippen MR) is 129 cm³/mol. The number of benzene rings is 2. The molecule has 3 rings (SSSR count). The Kier molecular flexibility index (Phi) is 7.82. The molecule has 160 valence electrons. The van der Waals surface area contributed by atoms with E-state index < -0.39 is 0 Å². The summed E-state index contributed by atoms with van der Waals surface area (Å²) in [6.07, 6.45) is 10.7. The summed E-state index contributed by atoms with van der Waals surface area (Å²) in [6.45, 7) is 7.01. The Labute approximate surface area is 186 Å². The highest BCUT2D eigenvalue weighted by Gasteiger charge is 2.28. The Balaban J connectivity index is 1.84. The molecule has 0 saturated carbocycles. The SMILES string of the molecule is CCCCCC(C=Cc1ccc(C(=O)OC)cc1)c1ccc2c(c1)C(C)(C)CCS2. The van der Waals surface area contributed by atoms with Crippen LogP contribution < -0.4 is 0 Å². The molecule has 3 heteroatoms. The second-order valence-electron chi connectivity index (χ2n) is 8.81. The van der Waals surface area contributed by atoms with E-state index in [1.54, 1.807) is 0 Å². The van der Waals surface area contributed by atoms with Gasteiger partial charge >= 0.3 is 5.97 Å². The van der Waals surface area contributed by atoms with E-state index in [0.717, 1.165) is 12.0 Å². The molecule has 0 radical (unpaired) electrons. The second kappa shape index (κ2) is 10.3. The third-order valence-corrected chi connectivity index (χ3v) is 7.19. The smallest absolute Gasteiger partial charge is 0.337 e. The molecule has 1 aliphatic rings. The summed E-state index contributed by atoms with van der Waals surface area (Å²) >= 11 is 1.99. The van der Waals surface area contributed by atoms with Crippen molar-refractivity contribution >= 4 is 23.8 Å². The number of methoxy groups -OCH3 is 1. The molecule has 2 aromatic carbocycles. The highest BCUT2D eigenvalue weighted by atomic mass is 32.2. The lowest BCUT2D eigenvalue weighted by Crippen LogP contribution is -2.23. The lowest BCUT2D eigenvalue weighted by Gasteiger charge is -2.33. The van der Waals surface area contributed by atoms with Gasteiger partial charge in [0.25, 0.3) is 0 Å². The van der Waals surface area contributed by atoms with Crippen molar-refractivity contribution in [2.45, 2.75) is 69.1 Å².